The van der Waals surface area contributed by atoms with Crippen LogP contribution < -0.4 is 25.3 Å². The number of carbonyl (C=O) groups is 4. The Kier molecular flexibility index (Phi) is 14.4. The number of alkyl carbamates (subject to hydrolysis) is 1. The molecule has 0 unspecified atom stereocenters. The van der Waals surface area contributed by atoms with Crippen molar-refractivity contribution in [3.63, 3.8) is 0 Å². The summed E-state index contributed by atoms with van der Waals surface area (Å²) in [4.78, 5) is 84.8. The van der Waals surface area contributed by atoms with Crippen LogP contribution in [-0.4, -0.2) is 127 Å². The van der Waals surface area contributed by atoms with Crippen molar-refractivity contribution >= 4 is 63.4 Å². The van der Waals surface area contributed by atoms with Gasteiger partial charge in [-0.3, -0.25) is 9.59 Å². The minimum Gasteiger partial charge on any atom is -0.465 e. The van der Waals surface area contributed by atoms with Gasteiger partial charge >= 0.3 is 12.2 Å². The molecule has 0 aliphatic carbocycles. The number of hydrogen-bond acceptors (Lipinski definition) is 12. The molecule has 76 heavy (non-hydrogen) atoms. The maximum atomic E-state index is 16.9. The van der Waals surface area contributed by atoms with E-state index in [4.69, 9.17) is 14.7 Å². The molecule has 6 atom stereocenters. The van der Waals surface area contributed by atoms with Crippen LogP contribution in [0.5, 0.6) is 0 Å². The number of rotatable bonds is 13. The van der Waals surface area contributed by atoms with Crippen LogP contribution in [0.1, 0.15) is 113 Å². The summed E-state index contributed by atoms with van der Waals surface area (Å²) < 4.78 is 72.2. The molecule has 5 N–H and O–H groups in total. The molecule has 23 heteroatoms. The van der Waals surface area contributed by atoms with Gasteiger partial charge in [-0.05, 0) is 80.7 Å². The lowest BCUT2D eigenvalue weighted by atomic mass is 10.0. The fraction of sp³-hybridized carbons (Fsp3) is 0.472. The standard InChI is InChI=1S/C53H61F4N13O6/c1-27(2)44(64-52(73)74)49(71)68-15-6-9-42(68)47-60-36-23-30(32(54)25-38(36)62-47)40-11-12-41(70(40)29-21-34(56)46(35(57)22-29)66-17-19-67(20-18-66)51-58-13-8-14-59-51)31-24-37-39(26-33(31)55)63-48(61-37)43-10-7-16-69(43)50(72)45(28(3)4)65-53(75)76-5/h8,13-14,21-28,40-45,64H,6-7,9-12,15-20H2,1-5H3,(H,60,62)(H,61,63)(H,65,75)(H,73,74)/t40-,41-,42+,43+,44+,45+/m1/s1. The SMILES string of the molecule is COC(=O)N[C@H](C(=O)N1CCC[C@H]1c1nc2cc(F)c([C@H]3CC[C@H](c4cc5[nH]c([C@@H]6CCCN6C(=O)[C@@H](NC(=O)O)C(C)C)nc5cc4F)N3c3cc(F)c(N4CCN(c5ncccn5)CC4)c(F)c3)cc2[nH]1)C(C)C. The molecule has 0 bridgehead atoms. The van der Waals surface area contributed by atoms with Gasteiger partial charge in [-0.25, -0.2) is 47.1 Å². The lowest BCUT2D eigenvalue weighted by Gasteiger charge is -2.37. The van der Waals surface area contributed by atoms with E-state index in [1.165, 1.54) is 31.4 Å². The number of halogens is 4. The van der Waals surface area contributed by atoms with Crippen LogP contribution in [0.15, 0.2) is 54.9 Å². The van der Waals surface area contributed by atoms with Gasteiger partial charge in [-0.15, -0.1) is 0 Å². The molecule has 3 aromatic carbocycles. The Labute approximate surface area is 435 Å². The number of fused-ring (bicyclic) bond motifs is 2. The van der Waals surface area contributed by atoms with E-state index in [9.17, 15) is 24.3 Å². The highest BCUT2D eigenvalue weighted by Gasteiger charge is 2.42. The predicted octanol–water partition coefficient (Wildman–Crippen LogP) is 8.19. The van der Waals surface area contributed by atoms with E-state index < -0.39 is 77.6 Å². The van der Waals surface area contributed by atoms with Crippen molar-refractivity contribution in [3.8, 4) is 0 Å². The molecule has 0 saturated carbocycles. The highest BCUT2D eigenvalue weighted by atomic mass is 19.1. The first-order chi connectivity index (χ1) is 36.5. The van der Waals surface area contributed by atoms with E-state index >= 15 is 17.6 Å². The third-order valence-electron chi connectivity index (χ3n) is 15.4. The second-order valence-electron chi connectivity index (χ2n) is 20.7. The van der Waals surface area contributed by atoms with Crippen molar-refractivity contribution < 1.29 is 46.6 Å². The van der Waals surface area contributed by atoms with Crippen LogP contribution in [0.4, 0.5) is 44.5 Å². The number of anilines is 3. The number of nitrogens with zero attached hydrogens (tertiary/aromatic N) is 9. The van der Waals surface area contributed by atoms with Crippen LogP contribution in [0.25, 0.3) is 22.1 Å². The Morgan fingerprint density at radius 1 is 0.632 bits per heavy atom. The molecule has 4 aliphatic heterocycles. The second kappa shape index (κ2) is 21.1. The molecule has 4 aliphatic rings. The summed E-state index contributed by atoms with van der Waals surface area (Å²) in [6.07, 6.45) is 4.05. The number of carboxylic acid groups (broad SMARTS) is 1. The Hall–Kier alpha value is -7.72. The summed E-state index contributed by atoms with van der Waals surface area (Å²) in [7, 11) is 1.22. The van der Waals surface area contributed by atoms with E-state index in [2.05, 4.69) is 30.6 Å². The highest BCUT2D eigenvalue weighted by molar-refractivity contribution is 5.87. The summed E-state index contributed by atoms with van der Waals surface area (Å²) in [5.74, 6) is -2.98. The number of hydrogen-bond donors (Lipinski definition) is 5. The number of aromatic amines is 2. The largest absolute Gasteiger partial charge is 0.465 e. The van der Waals surface area contributed by atoms with Gasteiger partial charge in [0.2, 0.25) is 17.8 Å². The van der Waals surface area contributed by atoms with Crippen LogP contribution in [0, 0.1) is 35.1 Å². The quantitative estimate of drug-likeness (QED) is 0.0690. The molecule has 4 fully saturated rings. The first-order valence-electron chi connectivity index (χ1n) is 25.9. The van der Waals surface area contributed by atoms with E-state index in [1.807, 2.05) is 18.7 Å². The molecule has 7 heterocycles. The number of amides is 4. The second-order valence-corrected chi connectivity index (χ2v) is 20.7. The van der Waals surface area contributed by atoms with Crippen molar-refractivity contribution in [2.75, 3.05) is 61.1 Å². The molecule has 6 aromatic rings. The van der Waals surface area contributed by atoms with Crippen molar-refractivity contribution in [2.24, 2.45) is 11.8 Å². The predicted molar refractivity (Wildman–Crippen MR) is 273 cm³/mol. The molecule has 4 amide bonds. The van der Waals surface area contributed by atoms with Gasteiger partial charge in [0, 0.05) is 80.6 Å². The zero-order valence-electron chi connectivity index (χ0n) is 42.8. The third kappa shape index (κ3) is 9.86. The number of carbonyl (C=O) groups excluding carboxylic acids is 3. The lowest BCUT2D eigenvalue weighted by Crippen LogP contribution is -2.51. The van der Waals surface area contributed by atoms with Crippen molar-refractivity contribution in [2.45, 2.75) is 102 Å². The number of aromatic nitrogens is 6. The topological polar surface area (TPSA) is 221 Å². The summed E-state index contributed by atoms with van der Waals surface area (Å²) in [6, 6.07) is 5.23. The fourth-order valence-corrected chi connectivity index (χ4v) is 11.7. The molecular weight excluding hydrogens is 991 g/mol. The molecule has 0 spiro atoms. The van der Waals surface area contributed by atoms with Crippen molar-refractivity contribution in [1.29, 1.82) is 0 Å². The number of likely N-dealkylation sites (tertiary alicyclic amines) is 2. The normalized spacial score (nSPS) is 20.9. The molecule has 0 radical (unpaired) electrons. The zero-order valence-corrected chi connectivity index (χ0v) is 42.8. The summed E-state index contributed by atoms with van der Waals surface area (Å²) in [5.41, 5.74) is 1.62. The van der Waals surface area contributed by atoms with Gasteiger partial charge in [0.15, 0.2) is 11.6 Å². The Bertz CT molecular complexity index is 3140. The van der Waals surface area contributed by atoms with Crippen LogP contribution in [-0.2, 0) is 14.3 Å². The minimum atomic E-state index is -1.32. The zero-order chi connectivity index (χ0) is 53.7. The average molecular weight is 1050 g/mol. The van der Waals surface area contributed by atoms with Crippen LogP contribution >= 0.6 is 0 Å². The number of piperazine rings is 1. The van der Waals surface area contributed by atoms with E-state index in [0.717, 1.165) is 0 Å². The number of methoxy groups -OCH3 is 1. The van der Waals surface area contributed by atoms with Gasteiger partial charge < -0.3 is 54.9 Å². The molecular formula is C53H61F4N13O6. The summed E-state index contributed by atoms with van der Waals surface area (Å²) in [5, 5.41) is 14.5. The van der Waals surface area contributed by atoms with Gasteiger partial charge in [0.25, 0.3) is 0 Å². The van der Waals surface area contributed by atoms with E-state index in [0.29, 0.717) is 80.5 Å². The highest BCUT2D eigenvalue weighted by Crippen LogP contribution is 2.50. The van der Waals surface area contributed by atoms with Gasteiger partial charge in [0.1, 0.15) is 41.1 Å². The van der Waals surface area contributed by atoms with Crippen LogP contribution in [0.3, 0.4) is 0 Å². The first kappa shape index (κ1) is 51.8. The molecule has 10 rings (SSSR count). The van der Waals surface area contributed by atoms with Crippen molar-refractivity contribution in [1.82, 2.24) is 50.3 Å². The Balaban J connectivity index is 0.997. The van der Waals surface area contributed by atoms with E-state index in [-0.39, 0.29) is 77.2 Å². The van der Waals surface area contributed by atoms with E-state index in [1.54, 1.807) is 64.0 Å². The third-order valence-corrected chi connectivity index (χ3v) is 15.4. The summed E-state index contributed by atoms with van der Waals surface area (Å²) in [6.45, 7) is 9.26. The smallest absolute Gasteiger partial charge is 0.407 e. The first-order valence-corrected chi connectivity index (χ1v) is 25.9. The van der Waals surface area contributed by atoms with Crippen molar-refractivity contribution in [3.05, 3.63) is 101 Å². The molecule has 19 nitrogen and oxygen atoms in total. The molecule has 4 saturated heterocycles. The maximum Gasteiger partial charge on any atom is 0.407 e. The molecule has 3 aromatic heterocycles. The minimum absolute atomic E-state index is 0.0623. The van der Waals surface area contributed by atoms with Gasteiger partial charge in [-0.1, -0.05) is 27.7 Å². The number of ether oxygens (including phenoxy) is 1. The number of imidazole rings is 2. The number of benzene rings is 3. The van der Waals surface area contributed by atoms with Gasteiger partial charge in [0.05, 0.1) is 53.3 Å². The fourth-order valence-electron chi connectivity index (χ4n) is 11.7. The Morgan fingerprint density at radius 2 is 1.11 bits per heavy atom. The summed E-state index contributed by atoms with van der Waals surface area (Å²) >= 11 is 0. The number of H-pyrrole nitrogens is 2. The lowest BCUT2D eigenvalue weighted by molar-refractivity contribution is -0.136. The molecule has 402 valence electrons. The van der Waals surface area contributed by atoms with Gasteiger partial charge in [-0.2, -0.15) is 0 Å². The Morgan fingerprint density at radius 3 is 1.57 bits per heavy atom. The van der Waals surface area contributed by atoms with Crippen LogP contribution in [0.2, 0.25) is 0 Å². The maximum absolute atomic E-state index is 16.9. The number of nitrogens with one attached hydrogen (secondary N) is 4. The monoisotopic (exact) mass is 1050 g/mol. The average Bonchev–Trinajstić information content (AvgIpc) is 4.26.